The molecule has 0 unspecified atom stereocenters. The number of nitrogens with zero attached hydrogens (tertiary/aromatic N) is 4. The van der Waals surface area contributed by atoms with E-state index in [-0.39, 0.29) is 5.91 Å². The van der Waals surface area contributed by atoms with Gasteiger partial charge in [-0.25, -0.2) is 4.98 Å². The van der Waals surface area contributed by atoms with E-state index in [0.29, 0.717) is 5.82 Å². The second-order valence-electron chi connectivity index (χ2n) is 8.84. The van der Waals surface area contributed by atoms with Crippen molar-refractivity contribution < 1.29 is 4.79 Å². The summed E-state index contributed by atoms with van der Waals surface area (Å²) < 4.78 is 0. The molecule has 2 aromatic heterocycles. The van der Waals surface area contributed by atoms with Crippen molar-refractivity contribution in [2.24, 2.45) is 0 Å². The number of nitrogens with one attached hydrogen (secondary N) is 1. The zero-order valence-electron chi connectivity index (χ0n) is 19.5. The highest BCUT2D eigenvalue weighted by molar-refractivity contribution is 5.95. The summed E-state index contributed by atoms with van der Waals surface area (Å²) >= 11 is 0. The molecule has 0 aliphatic carbocycles. The molecule has 1 fully saturated rings. The quantitative estimate of drug-likeness (QED) is 0.487. The predicted octanol–water partition coefficient (Wildman–Crippen LogP) is 4.07. The van der Waals surface area contributed by atoms with Crippen molar-refractivity contribution in [3.63, 3.8) is 0 Å². The smallest absolute Gasteiger partial charge is 0.253 e. The zero-order valence-corrected chi connectivity index (χ0v) is 19.5. The van der Waals surface area contributed by atoms with E-state index in [0.717, 1.165) is 70.6 Å². The molecule has 4 aromatic rings. The fraction of sp³-hybridized carbons (Fsp3) is 0.222. The molecule has 5 rings (SSSR count). The first-order chi connectivity index (χ1) is 16.5. The van der Waals surface area contributed by atoms with Crippen molar-refractivity contribution in [1.82, 2.24) is 25.0 Å². The van der Waals surface area contributed by atoms with Crippen molar-refractivity contribution >= 4 is 34.8 Å². The Kier molecular flexibility index (Phi) is 5.86. The van der Waals surface area contributed by atoms with Gasteiger partial charge in [-0.1, -0.05) is 18.2 Å². The van der Waals surface area contributed by atoms with E-state index in [4.69, 9.17) is 5.73 Å². The number of fused-ring (bicyclic) bond motifs is 1. The number of likely N-dealkylation sites (N-methyl/N-ethyl adjacent to an activating group) is 1. The first-order valence-corrected chi connectivity index (χ1v) is 11.4. The van der Waals surface area contributed by atoms with Gasteiger partial charge in [-0.15, -0.1) is 0 Å². The molecule has 7 heteroatoms. The van der Waals surface area contributed by atoms with Crippen molar-refractivity contribution in [1.29, 1.82) is 0 Å². The van der Waals surface area contributed by atoms with Gasteiger partial charge in [-0.3, -0.25) is 9.89 Å². The van der Waals surface area contributed by atoms with Crippen LogP contribution in [0.5, 0.6) is 0 Å². The van der Waals surface area contributed by atoms with Gasteiger partial charge in [0.15, 0.2) is 0 Å². The number of carbonyl (C=O) groups excluding carboxylic acids is 1. The van der Waals surface area contributed by atoms with Gasteiger partial charge in [0, 0.05) is 43.3 Å². The Labute approximate surface area is 198 Å². The topological polar surface area (TPSA) is 91.1 Å². The van der Waals surface area contributed by atoms with Crippen LogP contribution in [0.25, 0.3) is 34.2 Å². The maximum Gasteiger partial charge on any atom is 0.253 e. The van der Waals surface area contributed by atoms with Crippen LogP contribution in [-0.2, 0) is 0 Å². The Morgan fingerprint density at radius 3 is 2.56 bits per heavy atom. The number of aryl methyl sites for hydroxylation is 1. The number of carbonyl (C=O) groups is 1. The summed E-state index contributed by atoms with van der Waals surface area (Å²) in [6, 6.07) is 15.9. The molecule has 172 valence electrons. The lowest BCUT2D eigenvalue weighted by Gasteiger charge is -2.32. The fourth-order valence-electron chi connectivity index (χ4n) is 4.33. The molecule has 34 heavy (non-hydrogen) atoms. The minimum Gasteiger partial charge on any atom is -0.384 e. The molecule has 1 aliphatic heterocycles. The summed E-state index contributed by atoms with van der Waals surface area (Å²) in [7, 11) is 2.09. The van der Waals surface area contributed by atoms with Crippen molar-refractivity contribution in [3.8, 4) is 11.1 Å². The highest BCUT2D eigenvalue weighted by Gasteiger charge is 2.20. The molecule has 0 spiro atoms. The summed E-state index contributed by atoms with van der Waals surface area (Å²) in [5.41, 5.74) is 12.6. The second-order valence-corrected chi connectivity index (χ2v) is 8.84. The molecule has 1 aliphatic rings. The Morgan fingerprint density at radius 1 is 1.00 bits per heavy atom. The van der Waals surface area contributed by atoms with Crippen LogP contribution in [0.2, 0.25) is 0 Å². The van der Waals surface area contributed by atoms with Gasteiger partial charge >= 0.3 is 0 Å². The van der Waals surface area contributed by atoms with Crippen LogP contribution in [0.4, 0.5) is 5.82 Å². The highest BCUT2D eigenvalue weighted by atomic mass is 16.2. The third kappa shape index (κ3) is 4.43. The molecule has 0 atom stereocenters. The van der Waals surface area contributed by atoms with Crippen LogP contribution >= 0.6 is 0 Å². The molecule has 3 heterocycles. The number of pyridine rings is 1. The van der Waals surface area contributed by atoms with E-state index in [2.05, 4.69) is 45.3 Å². The number of benzene rings is 2. The molecule has 3 N–H and O–H groups in total. The lowest BCUT2D eigenvalue weighted by Crippen LogP contribution is -2.47. The number of nitrogens with two attached hydrogens (primary N) is 1. The first kappa shape index (κ1) is 21.9. The maximum absolute atomic E-state index is 12.9. The highest BCUT2D eigenvalue weighted by Crippen LogP contribution is 2.26. The van der Waals surface area contributed by atoms with Crippen molar-refractivity contribution in [2.45, 2.75) is 6.92 Å². The zero-order chi connectivity index (χ0) is 23.7. The van der Waals surface area contributed by atoms with E-state index >= 15 is 0 Å². The van der Waals surface area contributed by atoms with E-state index in [1.807, 2.05) is 54.3 Å². The van der Waals surface area contributed by atoms with Crippen LogP contribution in [0.15, 0.2) is 54.7 Å². The van der Waals surface area contributed by atoms with E-state index in [1.165, 1.54) is 0 Å². The maximum atomic E-state index is 12.9. The molecule has 7 nitrogen and oxygen atoms in total. The van der Waals surface area contributed by atoms with Gasteiger partial charge in [0.2, 0.25) is 0 Å². The number of hydrogen-bond acceptors (Lipinski definition) is 5. The number of hydrogen-bond donors (Lipinski definition) is 2. The van der Waals surface area contributed by atoms with E-state index in [9.17, 15) is 4.79 Å². The number of nitrogen functional groups attached to an aromatic ring is 1. The van der Waals surface area contributed by atoms with Crippen LogP contribution in [0.1, 0.15) is 27.2 Å². The summed E-state index contributed by atoms with van der Waals surface area (Å²) in [4.78, 5) is 21.1. The molecule has 1 saturated heterocycles. The Hall–Kier alpha value is -3.97. The van der Waals surface area contributed by atoms with E-state index in [1.54, 1.807) is 6.20 Å². The molecular formula is C27H28N6O. The summed E-state index contributed by atoms with van der Waals surface area (Å²) in [5.74, 6) is 0.606. The van der Waals surface area contributed by atoms with Gasteiger partial charge in [0.25, 0.3) is 5.91 Å². The fourth-order valence-corrected chi connectivity index (χ4v) is 4.33. The largest absolute Gasteiger partial charge is 0.384 e. The predicted molar refractivity (Wildman–Crippen MR) is 137 cm³/mol. The van der Waals surface area contributed by atoms with Crippen LogP contribution in [0, 0.1) is 6.92 Å². The van der Waals surface area contributed by atoms with Gasteiger partial charge in [-0.05, 0) is 78.7 Å². The third-order valence-electron chi connectivity index (χ3n) is 6.43. The van der Waals surface area contributed by atoms with Gasteiger partial charge in [-0.2, -0.15) is 5.10 Å². The minimum atomic E-state index is 0.108. The Bertz CT molecular complexity index is 1380. The monoisotopic (exact) mass is 452 g/mol. The first-order valence-electron chi connectivity index (χ1n) is 11.4. The lowest BCUT2D eigenvalue weighted by molar-refractivity contribution is 0.0664. The Morgan fingerprint density at radius 2 is 1.79 bits per heavy atom. The molecule has 1 amide bonds. The summed E-state index contributed by atoms with van der Waals surface area (Å²) in [5, 5.41) is 8.66. The minimum absolute atomic E-state index is 0.108. The van der Waals surface area contributed by atoms with Gasteiger partial charge in [0.1, 0.15) is 5.82 Å². The Balaban J connectivity index is 1.34. The summed E-state index contributed by atoms with van der Waals surface area (Å²) in [6.45, 7) is 5.43. The normalized spacial score (nSPS) is 14.8. The van der Waals surface area contributed by atoms with Crippen molar-refractivity contribution in [2.75, 3.05) is 39.0 Å². The average molecular weight is 453 g/mol. The van der Waals surface area contributed by atoms with Gasteiger partial charge in [0.05, 0.1) is 11.2 Å². The van der Waals surface area contributed by atoms with Crippen LogP contribution < -0.4 is 5.73 Å². The van der Waals surface area contributed by atoms with Crippen molar-refractivity contribution in [3.05, 3.63) is 77.1 Å². The molecule has 0 bridgehead atoms. The molecule has 0 saturated carbocycles. The summed E-state index contributed by atoms with van der Waals surface area (Å²) in [6.07, 6.45) is 5.77. The number of H-pyrrole nitrogens is 1. The molecule has 0 radical (unpaired) electrons. The van der Waals surface area contributed by atoms with Crippen LogP contribution in [-0.4, -0.2) is 64.1 Å². The second kappa shape index (κ2) is 9.11. The number of anilines is 1. The number of rotatable bonds is 4. The standard InChI is InChI=1S/C27H28N6O/c1-18-15-22(27(34)33-13-11-32(2)12-14-33)4-3-19(18)6-8-24-23-7-5-20(16-25(23)31-30-24)21-9-10-29-26(28)17-21/h3-10,15-17H,11-14H2,1-2H3,(H2,28,29)(H,30,31)/b8-6+. The SMILES string of the molecule is Cc1cc(C(=O)N2CCN(C)CC2)ccc1/C=C/c1n[nH]c2cc(-c3ccnc(N)c3)ccc12. The third-order valence-corrected chi connectivity index (χ3v) is 6.43. The molecule has 2 aromatic carbocycles. The number of amides is 1. The molecular weight excluding hydrogens is 424 g/mol. The number of piperazine rings is 1. The average Bonchev–Trinajstić information content (AvgIpc) is 3.25. The lowest BCUT2D eigenvalue weighted by atomic mass is 10.0. The number of aromatic amines is 1. The van der Waals surface area contributed by atoms with Crippen LogP contribution in [0.3, 0.4) is 0 Å². The number of aromatic nitrogens is 3. The van der Waals surface area contributed by atoms with Gasteiger partial charge < -0.3 is 15.5 Å². The van der Waals surface area contributed by atoms with E-state index < -0.39 is 0 Å².